The number of methoxy groups -OCH3 is 2. The highest BCUT2D eigenvalue weighted by atomic mass is 35.5. The molecule has 2 N–H and O–H groups in total. The molecular formula is C11H17Cl2NO2. The quantitative estimate of drug-likeness (QED) is 0.911. The molecule has 0 radical (unpaired) electrons. The maximum Gasteiger partial charge on any atom is 0.137 e. The van der Waals surface area contributed by atoms with E-state index in [9.17, 15) is 0 Å². The van der Waals surface area contributed by atoms with Crippen molar-refractivity contribution in [2.45, 2.75) is 19.4 Å². The summed E-state index contributed by atoms with van der Waals surface area (Å²) in [6.07, 6.45) is 0.733. The van der Waals surface area contributed by atoms with Crippen LogP contribution in [0.4, 0.5) is 0 Å². The van der Waals surface area contributed by atoms with Gasteiger partial charge in [0, 0.05) is 12.1 Å². The molecule has 1 aromatic carbocycles. The Hall–Kier alpha value is -0.640. The van der Waals surface area contributed by atoms with E-state index in [0.29, 0.717) is 10.8 Å². The SMILES string of the molecule is COc1cc(CC(C)N)c(OC)cc1Cl.Cl. The number of rotatable bonds is 4. The molecule has 0 saturated heterocycles. The summed E-state index contributed by atoms with van der Waals surface area (Å²) in [5.74, 6) is 1.39. The fourth-order valence-electron chi connectivity index (χ4n) is 1.43. The van der Waals surface area contributed by atoms with Crippen molar-refractivity contribution in [1.29, 1.82) is 0 Å². The molecule has 0 fully saturated rings. The molecule has 1 aromatic rings. The van der Waals surface area contributed by atoms with E-state index in [0.717, 1.165) is 17.7 Å². The molecule has 0 aliphatic carbocycles. The lowest BCUT2D eigenvalue weighted by atomic mass is 10.1. The Morgan fingerprint density at radius 2 is 1.81 bits per heavy atom. The second-order valence-corrected chi connectivity index (χ2v) is 3.89. The van der Waals surface area contributed by atoms with Crippen LogP contribution in [0, 0.1) is 0 Å². The third-order valence-corrected chi connectivity index (χ3v) is 2.39. The zero-order valence-electron chi connectivity index (χ0n) is 9.62. The van der Waals surface area contributed by atoms with Crippen molar-refractivity contribution in [2.75, 3.05) is 14.2 Å². The predicted octanol–water partition coefficient (Wildman–Crippen LogP) is 2.67. The molecule has 92 valence electrons. The van der Waals surface area contributed by atoms with Crippen LogP contribution >= 0.6 is 24.0 Å². The van der Waals surface area contributed by atoms with Gasteiger partial charge in [-0.1, -0.05) is 11.6 Å². The Kier molecular flexibility index (Phi) is 6.56. The van der Waals surface area contributed by atoms with E-state index in [4.69, 9.17) is 26.8 Å². The Morgan fingerprint density at radius 3 is 2.25 bits per heavy atom. The molecule has 5 heteroatoms. The highest BCUT2D eigenvalue weighted by Gasteiger charge is 2.10. The molecule has 0 amide bonds. The summed E-state index contributed by atoms with van der Waals surface area (Å²) in [4.78, 5) is 0. The number of nitrogens with two attached hydrogens (primary N) is 1. The molecule has 16 heavy (non-hydrogen) atoms. The lowest BCUT2D eigenvalue weighted by Gasteiger charge is -2.13. The largest absolute Gasteiger partial charge is 0.496 e. The van der Waals surface area contributed by atoms with Crippen LogP contribution in [0.25, 0.3) is 0 Å². The van der Waals surface area contributed by atoms with Crippen LogP contribution in [0.15, 0.2) is 12.1 Å². The number of halogens is 2. The van der Waals surface area contributed by atoms with Crippen LogP contribution in [0.1, 0.15) is 12.5 Å². The molecule has 0 bridgehead atoms. The first-order chi connectivity index (χ1) is 7.08. The normalized spacial score (nSPS) is 11.6. The maximum atomic E-state index is 5.98. The summed E-state index contributed by atoms with van der Waals surface area (Å²) < 4.78 is 10.4. The average Bonchev–Trinajstić information content (AvgIpc) is 2.19. The second-order valence-electron chi connectivity index (χ2n) is 3.48. The Balaban J connectivity index is 0.00000225. The molecule has 0 aliphatic heterocycles. The minimum atomic E-state index is 0. The molecule has 0 heterocycles. The summed E-state index contributed by atoms with van der Waals surface area (Å²) in [6.45, 7) is 1.94. The number of ether oxygens (including phenoxy) is 2. The smallest absolute Gasteiger partial charge is 0.137 e. The summed E-state index contributed by atoms with van der Waals surface area (Å²) >= 11 is 5.98. The van der Waals surface area contributed by atoms with Gasteiger partial charge in [-0.3, -0.25) is 0 Å². The third-order valence-electron chi connectivity index (χ3n) is 2.10. The van der Waals surface area contributed by atoms with Gasteiger partial charge in [-0.2, -0.15) is 0 Å². The van der Waals surface area contributed by atoms with Gasteiger partial charge >= 0.3 is 0 Å². The number of hydrogen-bond donors (Lipinski definition) is 1. The van der Waals surface area contributed by atoms with Crippen LogP contribution in [0.5, 0.6) is 11.5 Å². The van der Waals surface area contributed by atoms with Crippen LogP contribution in [0.2, 0.25) is 5.02 Å². The van der Waals surface area contributed by atoms with Gasteiger partial charge in [0.1, 0.15) is 11.5 Å². The Labute approximate surface area is 107 Å². The molecule has 0 spiro atoms. The van der Waals surface area contributed by atoms with Gasteiger partial charge in [0.15, 0.2) is 0 Å². The van der Waals surface area contributed by atoms with E-state index in [-0.39, 0.29) is 18.4 Å². The standard InChI is InChI=1S/C11H16ClNO2.ClH/c1-7(13)4-8-5-11(15-3)9(12)6-10(8)14-2;/h5-7H,4,13H2,1-3H3;1H. The average molecular weight is 266 g/mol. The first-order valence-electron chi connectivity index (χ1n) is 4.74. The van der Waals surface area contributed by atoms with Crippen molar-refractivity contribution < 1.29 is 9.47 Å². The molecule has 1 atom stereocenters. The highest BCUT2D eigenvalue weighted by Crippen LogP contribution is 2.32. The number of benzene rings is 1. The van der Waals surface area contributed by atoms with Crippen LogP contribution in [0.3, 0.4) is 0 Å². The van der Waals surface area contributed by atoms with Crippen molar-refractivity contribution >= 4 is 24.0 Å². The topological polar surface area (TPSA) is 44.5 Å². The first-order valence-corrected chi connectivity index (χ1v) is 5.12. The summed E-state index contributed by atoms with van der Waals surface area (Å²) in [7, 11) is 3.20. The summed E-state index contributed by atoms with van der Waals surface area (Å²) in [6, 6.07) is 3.69. The van der Waals surface area contributed by atoms with E-state index >= 15 is 0 Å². The fraction of sp³-hybridized carbons (Fsp3) is 0.455. The molecule has 0 saturated carbocycles. The van der Waals surface area contributed by atoms with E-state index < -0.39 is 0 Å². The van der Waals surface area contributed by atoms with E-state index in [1.807, 2.05) is 13.0 Å². The molecule has 1 rings (SSSR count). The van der Waals surface area contributed by atoms with E-state index in [1.54, 1.807) is 20.3 Å². The van der Waals surface area contributed by atoms with Crippen molar-refractivity contribution in [3.8, 4) is 11.5 Å². The minimum absolute atomic E-state index is 0. The van der Waals surface area contributed by atoms with Gasteiger partial charge < -0.3 is 15.2 Å². The van der Waals surface area contributed by atoms with Crippen LogP contribution in [-0.2, 0) is 6.42 Å². The monoisotopic (exact) mass is 265 g/mol. The van der Waals surface area contributed by atoms with E-state index in [1.165, 1.54) is 0 Å². The first kappa shape index (κ1) is 15.4. The highest BCUT2D eigenvalue weighted by molar-refractivity contribution is 6.32. The molecule has 1 unspecified atom stereocenters. The van der Waals surface area contributed by atoms with Gasteiger partial charge in [-0.15, -0.1) is 12.4 Å². The maximum absolute atomic E-state index is 5.98. The Bertz CT molecular complexity index is 343. The second kappa shape index (κ2) is 6.84. The summed E-state index contributed by atoms with van der Waals surface area (Å²) in [5, 5.41) is 0.544. The lowest BCUT2D eigenvalue weighted by molar-refractivity contribution is 0.398. The van der Waals surface area contributed by atoms with Crippen molar-refractivity contribution in [2.24, 2.45) is 5.73 Å². The third kappa shape index (κ3) is 3.74. The van der Waals surface area contributed by atoms with Gasteiger partial charge in [0.05, 0.1) is 19.2 Å². The van der Waals surface area contributed by atoms with Crippen molar-refractivity contribution in [3.05, 3.63) is 22.7 Å². The molecule has 3 nitrogen and oxygen atoms in total. The number of hydrogen-bond acceptors (Lipinski definition) is 3. The minimum Gasteiger partial charge on any atom is -0.496 e. The van der Waals surface area contributed by atoms with Crippen LogP contribution < -0.4 is 15.2 Å². The predicted molar refractivity (Wildman–Crippen MR) is 69.2 cm³/mol. The van der Waals surface area contributed by atoms with Crippen molar-refractivity contribution in [1.82, 2.24) is 0 Å². The van der Waals surface area contributed by atoms with Gasteiger partial charge in [0.25, 0.3) is 0 Å². The van der Waals surface area contributed by atoms with E-state index in [2.05, 4.69) is 0 Å². The van der Waals surface area contributed by atoms with Gasteiger partial charge in [-0.05, 0) is 25.0 Å². The zero-order valence-corrected chi connectivity index (χ0v) is 11.2. The zero-order chi connectivity index (χ0) is 11.4. The van der Waals surface area contributed by atoms with Gasteiger partial charge in [-0.25, -0.2) is 0 Å². The lowest BCUT2D eigenvalue weighted by Crippen LogP contribution is -2.18. The summed E-state index contributed by atoms with van der Waals surface area (Å²) in [5.41, 5.74) is 6.76. The van der Waals surface area contributed by atoms with Crippen molar-refractivity contribution in [3.63, 3.8) is 0 Å². The fourth-order valence-corrected chi connectivity index (χ4v) is 1.66. The molecule has 0 aliphatic rings. The van der Waals surface area contributed by atoms with Crippen LogP contribution in [-0.4, -0.2) is 20.3 Å². The van der Waals surface area contributed by atoms with Gasteiger partial charge in [0.2, 0.25) is 0 Å². The molecular weight excluding hydrogens is 249 g/mol. The Morgan fingerprint density at radius 1 is 1.25 bits per heavy atom. The molecule has 0 aromatic heterocycles.